The second-order valence-corrected chi connectivity index (χ2v) is 10.4. The van der Waals surface area contributed by atoms with Crippen LogP contribution in [0.4, 0.5) is 0 Å². The van der Waals surface area contributed by atoms with Crippen LogP contribution in [0.25, 0.3) is 0 Å². The van der Waals surface area contributed by atoms with Crippen LogP contribution in [0.5, 0.6) is 5.75 Å². The van der Waals surface area contributed by atoms with Gasteiger partial charge in [0.2, 0.25) is 0 Å². The molecule has 0 bridgehead atoms. The number of rotatable bonds is 3. The molecule has 0 radical (unpaired) electrons. The summed E-state index contributed by atoms with van der Waals surface area (Å²) in [4.78, 5) is 21.8. The number of piperidine rings is 1. The highest BCUT2D eigenvalue weighted by Gasteiger charge is 2.38. The molecule has 3 aliphatic rings. The molecule has 1 aliphatic carbocycles. The van der Waals surface area contributed by atoms with Crippen molar-refractivity contribution in [3.63, 3.8) is 0 Å². The Kier molecular flexibility index (Phi) is 6.96. The monoisotopic (exact) mass is 447 g/mol. The highest BCUT2D eigenvalue weighted by atomic mass is 16.5. The summed E-state index contributed by atoms with van der Waals surface area (Å²) in [6, 6.07) is 12.2. The van der Waals surface area contributed by atoms with Gasteiger partial charge in [-0.15, -0.1) is 0 Å². The topological polar surface area (TPSA) is 45.7 Å². The van der Waals surface area contributed by atoms with Crippen LogP contribution in [0, 0.1) is 11.3 Å². The van der Waals surface area contributed by atoms with E-state index in [9.17, 15) is 4.79 Å². The molecule has 33 heavy (non-hydrogen) atoms. The minimum absolute atomic E-state index is 0.153. The summed E-state index contributed by atoms with van der Waals surface area (Å²) in [6.07, 6.45) is 13.2. The summed E-state index contributed by atoms with van der Waals surface area (Å²) in [5, 5.41) is 0. The molecule has 0 N–H and O–H groups in total. The molecule has 2 aliphatic heterocycles. The molecule has 3 heterocycles. The molecule has 1 aromatic heterocycles. The number of aromatic nitrogens is 1. The Morgan fingerprint density at radius 2 is 1.79 bits per heavy atom. The first kappa shape index (κ1) is 22.4. The van der Waals surface area contributed by atoms with Crippen molar-refractivity contribution in [2.24, 2.45) is 11.3 Å². The van der Waals surface area contributed by atoms with Crippen LogP contribution in [0.2, 0.25) is 0 Å². The zero-order valence-electron chi connectivity index (χ0n) is 19.8. The number of amides is 1. The van der Waals surface area contributed by atoms with E-state index in [0.29, 0.717) is 5.41 Å². The van der Waals surface area contributed by atoms with Gasteiger partial charge in [-0.1, -0.05) is 24.6 Å². The van der Waals surface area contributed by atoms with Crippen molar-refractivity contribution in [1.82, 2.24) is 14.8 Å². The van der Waals surface area contributed by atoms with Gasteiger partial charge in [-0.2, -0.15) is 0 Å². The van der Waals surface area contributed by atoms with Crippen molar-refractivity contribution in [2.45, 2.75) is 51.4 Å². The minimum Gasteiger partial charge on any atom is -0.492 e. The summed E-state index contributed by atoms with van der Waals surface area (Å²) >= 11 is 0. The van der Waals surface area contributed by atoms with Gasteiger partial charge in [-0.25, -0.2) is 0 Å². The maximum atomic E-state index is 13.0. The van der Waals surface area contributed by atoms with E-state index in [-0.39, 0.29) is 5.91 Å². The van der Waals surface area contributed by atoms with Crippen LogP contribution in [-0.2, 0) is 6.42 Å². The van der Waals surface area contributed by atoms with E-state index < -0.39 is 0 Å². The number of pyridine rings is 1. The van der Waals surface area contributed by atoms with Crippen LogP contribution in [0.1, 0.15) is 60.9 Å². The first-order chi connectivity index (χ1) is 16.2. The summed E-state index contributed by atoms with van der Waals surface area (Å²) < 4.78 is 6.27. The average Bonchev–Trinajstić information content (AvgIpc) is 3.67. The predicted molar refractivity (Wildman–Crippen MR) is 130 cm³/mol. The molecule has 1 amide bonds. The number of nitrogens with zero attached hydrogens (tertiary/aromatic N) is 3. The van der Waals surface area contributed by atoms with Crippen LogP contribution in [-0.4, -0.2) is 60.0 Å². The maximum Gasteiger partial charge on any atom is 0.253 e. The number of fused-ring (bicyclic) bond motifs is 1. The molecule has 2 aromatic rings. The molecular weight excluding hydrogens is 410 g/mol. The molecule has 5 rings (SSSR count). The molecule has 5 heteroatoms. The number of hydrogen-bond donors (Lipinski definition) is 0. The molecule has 1 saturated carbocycles. The average molecular weight is 448 g/mol. The van der Waals surface area contributed by atoms with Crippen molar-refractivity contribution < 1.29 is 9.53 Å². The fraction of sp³-hybridized carbons (Fsp3) is 0.571. The molecular formula is C28H37N3O2. The van der Waals surface area contributed by atoms with Crippen LogP contribution >= 0.6 is 0 Å². The smallest absolute Gasteiger partial charge is 0.253 e. The quantitative estimate of drug-likeness (QED) is 0.677. The molecule has 1 aromatic carbocycles. The Bertz CT molecular complexity index is 920. The van der Waals surface area contributed by atoms with E-state index in [1.807, 2.05) is 12.1 Å². The van der Waals surface area contributed by atoms with E-state index in [1.54, 1.807) is 12.4 Å². The fourth-order valence-corrected chi connectivity index (χ4v) is 5.67. The Balaban J connectivity index is 1.28. The lowest BCUT2D eigenvalue weighted by molar-refractivity contribution is 0.0368. The maximum absolute atomic E-state index is 13.0. The van der Waals surface area contributed by atoms with E-state index in [0.717, 1.165) is 69.3 Å². The van der Waals surface area contributed by atoms with Gasteiger partial charge in [0.05, 0.1) is 0 Å². The molecule has 0 unspecified atom stereocenters. The Hall–Kier alpha value is -2.40. The molecule has 1 spiro atoms. The first-order valence-electron chi connectivity index (χ1n) is 12.8. The standard InChI is InChI=1S/C28H37N3O2/c32-27(25-10-15-29-16-11-25)31-17-13-28(14-18-31)12-4-3-6-24-5-1-2-7-26(24)33-20-19-30(22-28)21-23-8-9-23/h1-2,5,7,10-11,15-16,23H,3-4,6,8-9,12-14,17-22H2. The van der Waals surface area contributed by atoms with Gasteiger partial charge in [0.1, 0.15) is 12.4 Å². The van der Waals surface area contributed by atoms with Crippen LogP contribution in [0.3, 0.4) is 0 Å². The van der Waals surface area contributed by atoms with E-state index in [1.165, 1.54) is 44.2 Å². The number of carbonyl (C=O) groups is 1. The Labute approximate surface area is 198 Å². The van der Waals surface area contributed by atoms with Crippen LogP contribution in [0.15, 0.2) is 48.8 Å². The molecule has 1 saturated heterocycles. The van der Waals surface area contributed by atoms with Gasteiger partial charge in [-0.3, -0.25) is 14.7 Å². The SMILES string of the molecule is O=C(c1ccncc1)N1CCC2(CCCCc3ccccc3OCCN(CC3CC3)C2)CC1. The van der Waals surface area contributed by atoms with Crippen molar-refractivity contribution >= 4 is 5.91 Å². The zero-order chi connectivity index (χ0) is 22.5. The fourth-order valence-electron chi connectivity index (χ4n) is 5.67. The number of likely N-dealkylation sites (tertiary alicyclic amines) is 1. The summed E-state index contributed by atoms with van der Waals surface area (Å²) in [5.41, 5.74) is 2.41. The summed E-state index contributed by atoms with van der Waals surface area (Å²) in [6.45, 7) is 5.81. The zero-order valence-corrected chi connectivity index (χ0v) is 19.8. The molecule has 176 valence electrons. The predicted octanol–water partition coefficient (Wildman–Crippen LogP) is 4.82. The molecule has 5 nitrogen and oxygen atoms in total. The Morgan fingerprint density at radius 1 is 1.00 bits per heavy atom. The lowest BCUT2D eigenvalue weighted by Gasteiger charge is -2.45. The van der Waals surface area contributed by atoms with E-state index in [4.69, 9.17) is 4.74 Å². The third-order valence-electron chi connectivity index (χ3n) is 7.85. The van der Waals surface area contributed by atoms with Gasteiger partial charge < -0.3 is 9.64 Å². The molecule has 2 fully saturated rings. The largest absolute Gasteiger partial charge is 0.492 e. The molecule has 0 atom stereocenters. The third kappa shape index (κ3) is 5.75. The van der Waals surface area contributed by atoms with Gasteiger partial charge in [-0.05, 0) is 80.0 Å². The van der Waals surface area contributed by atoms with Gasteiger partial charge in [0, 0.05) is 50.7 Å². The number of benzene rings is 1. The summed E-state index contributed by atoms with van der Waals surface area (Å²) in [7, 11) is 0. The van der Waals surface area contributed by atoms with Crippen molar-refractivity contribution in [1.29, 1.82) is 0 Å². The number of hydrogen-bond acceptors (Lipinski definition) is 4. The van der Waals surface area contributed by atoms with Crippen LogP contribution < -0.4 is 4.74 Å². The number of para-hydroxylation sites is 1. The van der Waals surface area contributed by atoms with E-state index in [2.05, 4.69) is 39.0 Å². The second kappa shape index (κ2) is 10.3. The number of aryl methyl sites for hydroxylation is 1. The second-order valence-electron chi connectivity index (χ2n) is 10.4. The third-order valence-corrected chi connectivity index (χ3v) is 7.85. The normalized spacial score (nSPS) is 22.0. The first-order valence-corrected chi connectivity index (χ1v) is 12.8. The highest BCUT2D eigenvalue weighted by molar-refractivity contribution is 5.94. The lowest BCUT2D eigenvalue weighted by Crippen LogP contribution is -2.49. The minimum atomic E-state index is 0.153. The van der Waals surface area contributed by atoms with Gasteiger partial charge in [0.25, 0.3) is 5.91 Å². The summed E-state index contributed by atoms with van der Waals surface area (Å²) in [5.74, 6) is 2.10. The number of ether oxygens (including phenoxy) is 1. The van der Waals surface area contributed by atoms with E-state index >= 15 is 0 Å². The van der Waals surface area contributed by atoms with Gasteiger partial charge in [0.15, 0.2) is 0 Å². The van der Waals surface area contributed by atoms with Crippen molar-refractivity contribution in [3.8, 4) is 5.75 Å². The highest BCUT2D eigenvalue weighted by Crippen LogP contribution is 2.40. The Morgan fingerprint density at radius 3 is 2.58 bits per heavy atom. The van der Waals surface area contributed by atoms with Crippen molar-refractivity contribution in [2.75, 3.05) is 39.3 Å². The lowest BCUT2D eigenvalue weighted by atomic mass is 9.73. The van der Waals surface area contributed by atoms with Crippen molar-refractivity contribution in [3.05, 3.63) is 59.9 Å². The van der Waals surface area contributed by atoms with Gasteiger partial charge >= 0.3 is 0 Å². The number of carbonyl (C=O) groups excluding carboxylic acids is 1.